The Morgan fingerprint density at radius 2 is 2.09 bits per heavy atom. The number of aryl methyl sites for hydroxylation is 1. The summed E-state index contributed by atoms with van der Waals surface area (Å²) in [5.74, 6) is 0.969. The van der Waals surface area contributed by atoms with Gasteiger partial charge in [0.1, 0.15) is 5.75 Å². The van der Waals surface area contributed by atoms with E-state index in [4.69, 9.17) is 4.74 Å². The van der Waals surface area contributed by atoms with E-state index in [-0.39, 0.29) is 0 Å². The molecule has 1 radical (unpaired) electrons. The second kappa shape index (κ2) is 4.02. The molecular weight excluding hydrogens is 136 g/mol. The molecule has 0 amide bonds. The Morgan fingerprint density at radius 3 is 2.73 bits per heavy atom. The zero-order valence-electron chi connectivity index (χ0n) is 6.84. The minimum absolute atomic E-state index is 0.699. The molecule has 1 rings (SSSR count). The highest BCUT2D eigenvalue weighted by atomic mass is 16.5. The van der Waals surface area contributed by atoms with Gasteiger partial charge in [-0.1, -0.05) is 18.2 Å². The molecule has 59 valence electrons. The van der Waals surface area contributed by atoms with Crippen molar-refractivity contribution in [1.29, 1.82) is 0 Å². The van der Waals surface area contributed by atoms with Crippen molar-refractivity contribution in [2.24, 2.45) is 0 Å². The van der Waals surface area contributed by atoms with Crippen molar-refractivity contribution in [2.45, 2.75) is 13.3 Å². The number of para-hydroxylation sites is 1. The Labute approximate surface area is 68.0 Å². The highest BCUT2D eigenvalue weighted by Gasteiger charge is 1.94. The second-order valence-electron chi connectivity index (χ2n) is 2.47. The first kappa shape index (κ1) is 8.12. The van der Waals surface area contributed by atoms with Crippen LogP contribution in [0.25, 0.3) is 0 Å². The number of hydrogen-bond acceptors (Lipinski definition) is 1. The van der Waals surface area contributed by atoms with Gasteiger partial charge in [0.25, 0.3) is 0 Å². The van der Waals surface area contributed by atoms with E-state index in [2.05, 4.69) is 6.92 Å². The van der Waals surface area contributed by atoms with Crippen LogP contribution in [0.1, 0.15) is 12.0 Å². The van der Waals surface area contributed by atoms with Crippen LogP contribution in [-0.2, 0) is 0 Å². The summed E-state index contributed by atoms with van der Waals surface area (Å²) in [5.41, 5.74) is 1.18. The summed E-state index contributed by atoms with van der Waals surface area (Å²) in [4.78, 5) is 0. The molecule has 11 heavy (non-hydrogen) atoms. The van der Waals surface area contributed by atoms with E-state index in [0.29, 0.717) is 6.61 Å². The summed E-state index contributed by atoms with van der Waals surface area (Å²) in [5, 5.41) is 0. The molecule has 0 aliphatic rings. The van der Waals surface area contributed by atoms with Crippen LogP contribution in [0, 0.1) is 13.8 Å². The molecule has 1 aromatic carbocycles. The van der Waals surface area contributed by atoms with Crippen LogP contribution >= 0.6 is 0 Å². The third-order valence-corrected chi connectivity index (χ3v) is 1.50. The number of ether oxygens (including phenoxy) is 1. The van der Waals surface area contributed by atoms with Crippen molar-refractivity contribution in [2.75, 3.05) is 6.61 Å². The van der Waals surface area contributed by atoms with Crippen LogP contribution < -0.4 is 4.74 Å². The average Bonchev–Trinajstić information content (AvgIpc) is 2.03. The third kappa shape index (κ3) is 2.26. The topological polar surface area (TPSA) is 9.23 Å². The molecule has 1 heteroatoms. The largest absolute Gasteiger partial charge is 0.493 e. The van der Waals surface area contributed by atoms with Gasteiger partial charge in [0.2, 0.25) is 0 Å². The van der Waals surface area contributed by atoms with Gasteiger partial charge in [0.05, 0.1) is 6.61 Å². The van der Waals surface area contributed by atoms with Gasteiger partial charge < -0.3 is 4.74 Å². The summed E-state index contributed by atoms with van der Waals surface area (Å²) in [6, 6.07) is 8.00. The highest BCUT2D eigenvalue weighted by Crippen LogP contribution is 2.15. The van der Waals surface area contributed by atoms with Gasteiger partial charge in [-0.05, 0) is 31.9 Å². The quantitative estimate of drug-likeness (QED) is 0.641. The average molecular weight is 149 g/mol. The van der Waals surface area contributed by atoms with Crippen LogP contribution in [0.15, 0.2) is 24.3 Å². The van der Waals surface area contributed by atoms with Gasteiger partial charge in [0.15, 0.2) is 0 Å². The van der Waals surface area contributed by atoms with Gasteiger partial charge in [-0.2, -0.15) is 0 Å². The number of hydrogen-bond donors (Lipinski definition) is 0. The van der Waals surface area contributed by atoms with Crippen molar-refractivity contribution in [3.63, 3.8) is 0 Å². The summed E-state index contributed by atoms with van der Waals surface area (Å²) in [6.07, 6.45) is 0.814. The molecular formula is C10H13O. The Balaban J connectivity index is 2.62. The molecule has 0 heterocycles. The van der Waals surface area contributed by atoms with Crippen molar-refractivity contribution >= 4 is 0 Å². The molecule has 0 saturated carbocycles. The molecule has 0 bridgehead atoms. The number of benzene rings is 1. The van der Waals surface area contributed by atoms with E-state index in [1.807, 2.05) is 31.2 Å². The lowest BCUT2D eigenvalue weighted by Gasteiger charge is -2.06. The van der Waals surface area contributed by atoms with Crippen LogP contribution in [-0.4, -0.2) is 6.61 Å². The van der Waals surface area contributed by atoms with Crippen molar-refractivity contribution < 1.29 is 4.74 Å². The first-order valence-corrected chi connectivity index (χ1v) is 3.82. The maximum atomic E-state index is 5.42. The van der Waals surface area contributed by atoms with E-state index in [1.54, 1.807) is 0 Å². The van der Waals surface area contributed by atoms with Crippen LogP contribution in [0.3, 0.4) is 0 Å². The molecule has 1 aromatic rings. The molecule has 0 saturated heterocycles. The first-order chi connectivity index (χ1) is 5.34. The Morgan fingerprint density at radius 1 is 1.36 bits per heavy atom. The smallest absolute Gasteiger partial charge is 0.122 e. The zero-order valence-corrected chi connectivity index (χ0v) is 6.84. The molecule has 0 fully saturated rings. The highest BCUT2D eigenvalue weighted by molar-refractivity contribution is 5.31. The SMILES string of the molecule is [CH2]CCOc1ccccc1C. The van der Waals surface area contributed by atoms with Crippen LogP contribution in [0.5, 0.6) is 5.75 Å². The minimum Gasteiger partial charge on any atom is -0.493 e. The molecule has 0 aliphatic carbocycles. The molecule has 0 aromatic heterocycles. The van der Waals surface area contributed by atoms with E-state index >= 15 is 0 Å². The molecule has 0 atom stereocenters. The fourth-order valence-electron chi connectivity index (χ4n) is 0.900. The van der Waals surface area contributed by atoms with E-state index in [0.717, 1.165) is 12.2 Å². The van der Waals surface area contributed by atoms with Crippen molar-refractivity contribution in [3.8, 4) is 5.75 Å². The van der Waals surface area contributed by atoms with Gasteiger partial charge in [-0.25, -0.2) is 0 Å². The fraction of sp³-hybridized carbons (Fsp3) is 0.300. The van der Waals surface area contributed by atoms with E-state index in [1.165, 1.54) is 5.56 Å². The fourth-order valence-corrected chi connectivity index (χ4v) is 0.900. The maximum absolute atomic E-state index is 5.42. The molecule has 1 nitrogen and oxygen atoms in total. The normalized spacial score (nSPS) is 9.64. The molecule has 0 unspecified atom stereocenters. The van der Waals surface area contributed by atoms with Gasteiger partial charge in [0, 0.05) is 0 Å². The Hall–Kier alpha value is -0.980. The van der Waals surface area contributed by atoms with E-state index in [9.17, 15) is 0 Å². The Bertz CT molecular complexity index is 218. The second-order valence-corrected chi connectivity index (χ2v) is 2.47. The monoisotopic (exact) mass is 149 g/mol. The summed E-state index contributed by atoms with van der Waals surface area (Å²) < 4.78 is 5.42. The summed E-state index contributed by atoms with van der Waals surface area (Å²) >= 11 is 0. The lowest BCUT2D eigenvalue weighted by molar-refractivity contribution is 0.322. The lowest BCUT2D eigenvalue weighted by atomic mass is 10.2. The van der Waals surface area contributed by atoms with Crippen molar-refractivity contribution in [3.05, 3.63) is 36.8 Å². The standard InChI is InChI=1S/C10H13O/c1-3-8-11-10-7-5-4-6-9(10)2/h4-7H,1,3,8H2,2H3. The number of rotatable bonds is 3. The molecule has 0 N–H and O–H groups in total. The summed E-state index contributed by atoms with van der Waals surface area (Å²) in [6.45, 7) is 6.44. The molecule has 0 spiro atoms. The van der Waals surface area contributed by atoms with Gasteiger partial charge in [-0.3, -0.25) is 0 Å². The lowest BCUT2D eigenvalue weighted by Crippen LogP contribution is -1.96. The van der Waals surface area contributed by atoms with Crippen LogP contribution in [0.2, 0.25) is 0 Å². The molecule has 0 aliphatic heterocycles. The zero-order chi connectivity index (χ0) is 8.10. The summed E-state index contributed by atoms with van der Waals surface area (Å²) in [7, 11) is 0. The first-order valence-electron chi connectivity index (χ1n) is 3.82. The van der Waals surface area contributed by atoms with Crippen LogP contribution in [0.4, 0.5) is 0 Å². The predicted molar refractivity (Wildman–Crippen MR) is 46.6 cm³/mol. The minimum atomic E-state index is 0.699. The van der Waals surface area contributed by atoms with Crippen molar-refractivity contribution in [1.82, 2.24) is 0 Å². The maximum Gasteiger partial charge on any atom is 0.122 e. The third-order valence-electron chi connectivity index (χ3n) is 1.50. The Kier molecular flexibility index (Phi) is 2.96. The van der Waals surface area contributed by atoms with Gasteiger partial charge >= 0.3 is 0 Å². The van der Waals surface area contributed by atoms with E-state index < -0.39 is 0 Å². The van der Waals surface area contributed by atoms with Gasteiger partial charge in [-0.15, -0.1) is 0 Å². The predicted octanol–water partition coefficient (Wildman–Crippen LogP) is 2.60.